The number of methoxy groups -OCH3 is 2. The van der Waals surface area contributed by atoms with Crippen LogP contribution in [0, 0.1) is 0 Å². The van der Waals surface area contributed by atoms with Crippen molar-refractivity contribution >= 4 is 29.0 Å². The minimum atomic E-state index is -0.0425. The molecule has 5 heteroatoms. The minimum Gasteiger partial charge on any atom is -0.497 e. The molecule has 0 amide bonds. The Bertz CT molecular complexity index is 1210. The highest BCUT2D eigenvalue weighted by Crippen LogP contribution is 2.38. The molecular weight excluding hydrogens is 432 g/mol. The van der Waals surface area contributed by atoms with Crippen LogP contribution in [0.1, 0.15) is 22.6 Å². The summed E-state index contributed by atoms with van der Waals surface area (Å²) in [6.45, 7) is 0. The molecule has 0 heterocycles. The summed E-state index contributed by atoms with van der Waals surface area (Å²) in [6.07, 6.45) is 0. The average Bonchev–Trinajstić information content (AvgIpc) is 2.87. The second kappa shape index (κ2) is 10.6. The molecule has 0 spiro atoms. The van der Waals surface area contributed by atoms with Crippen LogP contribution >= 0.6 is 11.6 Å². The fraction of sp³-hybridized carbons (Fsp3) is 0.107. The van der Waals surface area contributed by atoms with Gasteiger partial charge in [0.15, 0.2) is 0 Å². The molecule has 0 radical (unpaired) electrons. The van der Waals surface area contributed by atoms with Crippen LogP contribution in [0.4, 0.5) is 11.4 Å². The van der Waals surface area contributed by atoms with Crippen molar-refractivity contribution in [2.45, 2.75) is 5.92 Å². The molecule has 164 valence electrons. The van der Waals surface area contributed by atoms with Crippen molar-refractivity contribution in [2.75, 3.05) is 14.2 Å². The molecule has 0 unspecified atom stereocenters. The lowest BCUT2D eigenvalue weighted by molar-refractivity contribution is 0.414. The lowest BCUT2D eigenvalue weighted by Gasteiger charge is -2.21. The maximum atomic E-state index is 5.95. The highest BCUT2D eigenvalue weighted by atomic mass is 35.5. The van der Waals surface area contributed by atoms with Crippen LogP contribution < -0.4 is 9.47 Å². The predicted molar refractivity (Wildman–Crippen MR) is 134 cm³/mol. The van der Waals surface area contributed by atoms with E-state index in [2.05, 4.69) is 46.3 Å². The van der Waals surface area contributed by atoms with E-state index in [1.165, 1.54) is 0 Å². The summed E-state index contributed by atoms with van der Waals surface area (Å²) < 4.78 is 10.7. The molecule has 0 saturated carbocycles. The van der Waals surface area contributed by atoms with Gasteiger partial charge in [-0.25, -0.2) is 0 Å². The molecule has 4 aromatic carbocycles. The van der Waals surface area contributed by atoms with Crippen LogP contribution in [0.3, 0.4) is 0 Å². The van der Waals surface area contributed by atoms with Crippen molar-refractivity contribution in [2.24, 2.45) is 9.98 Å². The Labute approximate surface area is 198 Å². The van der Waals surface area contributed by atoms with Crippen LogP contribution in [0.15, 0.2) is 107 Å². The topological polar surface area (TPSA) is 43.2 Å². The first-order valence-corrected chi connectivity index (χ1v) is 10.8. The maximum absolute atomic E-state index is 5.95. The van der Waals surface area contributed by atoms with Gasteiger partial charge in [-0.15, -0.1) is 0 Å². The van der Waals surface area contributed by atoms with Crippen molar-refractivity contribution in [1.29, 1.82) is 0 Å². The lowest BCUT2D eigenvalue weighted by Crippen LogP contribution is -2.04. The van der Waals surface area contributed by atoms with Crippen LogP contribution in [-0.4, -0.2) is 20.2 Å². The Balaban J connectivity index is 1.78. The SMILES string of the molecule is COc1ccc(C(c2ccc(OC)cc2)c2ccccc2N=C=Nc2ccc(Cl)cc2)cc1. The average molecular weight is 455 g/mol. The molecule has 0 aliphatic rings. The van der Waals surface area contributed by atoms with Crippen molar-refractivity contribution in [3.63, 3.8) is 0 Å². The third-order valence-electron chi connectivity index (χ3n) is 5.32. The van der Waals surface area contributed by atoms with Gasteiger partial charge in [-0.2, -0.15) is 9.98 Å². The molecular formula is C28H23ClN2O2. The first-order valence-electron chi connectivity index (χ1n) is 10.5. The highest BCUT2D eigenvalue weighted by Gasteiger charge is 2.20. The van der Waals surface area contributed by atoms with E-state index in [1.54, 1.807) is 26.4 Å². The normalized spacial score (nSPS) is 10.4. The van der Waals surface area contributed by atoms with Crippen LogP contribution in [0.5, 0.6) is 11.5 Å². The second-order valence-electron chi connectivity index (χ2n) is 7.34. The van der Waals surface area contributed by atoms with Crippen molar-refractivity contribution in [3.8, 4) is 11.5 Å². The molecule has 0 saturated heterocycles. The molecule has 0 atom stereocenters. The zero-order chi connectivity index (χ0) is 23.0. The van der Waals surface area contributed by atoms with E-state index in [9.17, 15) is 0 Å². The number of halogens is 1. The summed E-state index contributed by atoms with van der Waals surface area (Å²) >= 11 is 5.95. The molecule has 0 aromatic heterocycles. The van der Waals surface area contributed by atoms with Crippen molar-refractivity contribution in [1.82, 2.24) is 0 Å². The standard InChI is InChI=1S/C28H23ClN2O2/c1-32-24-15-7-20(8-16-24)28(21-9-17-25(33-2)18-10-21)26-5-3-4-6-27(26)31-19-30-23-13-11-22(29)12-14-23/h3-18,28H,1-2H3. The van der Waals surface area contributed by atoms with E-state index in [4.69, 9.17) is 21.1 Å². The summed E-state index contributed by atoms with van der Waals surface area (Å²) in [6, 6.07) is 34.3. The molecule has 4 nitrogen and oxygen atoms in total. The van der Waals surface area contributed by atoms with Gasteiger partial charge in [0.25, 0.3) is 0 Å². The summed E-state index contributed by atoms with van der Waals surface area (Å²) in [5, 5.41) is 0.665. The number of hydrogen-bond donors (Lipinski definition) is 0. The number of benzene rings is 4. The summed E-state index contributed by atoms with van der Waals surface area (Å²) in [5.74, 6) is 1.58. The molecule has 4 rings (SSSR count). The maximum Gasteiger partial charge on any atom is 0.118 e. The van der Waals surface area contributed by atoms with Crippen molar-refractivity contribution in [3.05, 3.63) is 119 Å². The number of aliphatic imine (C=N–C) groups is 2. The van der Waals surface area contributed by atoms with Gasteiger partial charge >= 0.3 is 0 Å². The Kier molecular flexibility index (Phi) is 7.21. The van der Waals surface area contributed by atoms with Gasteiger partial charge in [-0.1, -0.05) is 54.1 Å². The van der Waals surface area contributed by atoms with E-state index < -0.39 is 0 Å². The van der Waals surface area contributed by atoms with Crippen LogP contribution in [0.2, 0.25) is 5.02 Å². The van der Waals surface area contributed by atoms with Gasteiger partial charge in [-0.3, -0.25) is 0 Å². The van der Waals surface area contributed by atoms with E-state index in [1.807, 2.05) is 54.6 Å². The largest absolute Gasteiger partial charge is 0.497 e. The van der Waals surface area contributed by atoms with Crippen LogP contribution in [0.25, 0.3) is 0 Å². The monoisotopic (exact) mass is 454 g/mol. The van der Waals surface area contributed by atoms with Gasteiger partial charge in [0, 0.05) is 10.9 Å². The molecule has 0 aliphatic heterocycles. The number of hydrogen-bond acceptors (Lipinski definition) is 4. The molecule has 0 aliphatic carbocycles. The van der Waals surface area contributed by atoms with Crippen LogP contribution in [-0.2, 0) is 0 Å². The quantitative estimate of drug-likeness (QED) is 0.212. The zero-order valence-corrected chi connectivity index (χ0v) is 19.2. The Hall–Kier alpha value is -3.85. The van der Waals surface area contributed by atoms with Gasteiger partial charge in [0.05, 0.1) is 25.6 Å². The fourth-order valence-corrected chi connectivity index (χ4v) is 3.76. The number of para-hydroxylation sites is 1. The van der Waals surface area contributed by atoms with Gasteiger partial charge in [0.2, 0.25) is 0 Å². The molecule has 33 heavy (non-hydrogen) atoms. The predicted octanol–water partition coefficient (Wildman–Crippen LogP) is 7.67. The third-order valence-corrected chi connectivity index (χ3v) is 5.57. The first-order chi connectivity index (χ1) is 16.2. The second-order valence-corrected chi connectivity index (χ2v) is 7.77. The Morgan fingerprint density at radius 2 is 1.21 bits per heavy atom. The zero-order valence-electron chi connectivity index (χ0n) is 18.4. The van der Waals surface area contributed by atoms with E-state index in [0.29, 0.717) is 5.02 Å². The summed E-state index contributed by atoms with van der Waals surface area (Å²) in [5.41, 5.74) is 4.83. The Morgan fingerprint density at radius 3 is 1.76 bits per heavy atom. The van der Waals surface area contributed by atoms with E-state index in [0.717, 1.165) is 39.6 Å². The minimum absolute atomic E-state index is 0.0425. The first kappa shape index (κ1) is 22.3. The Morgan fingerprint density at radius 1 is 0.667 bits per heavy atom. The molecule has 0 fully saturated rings. The van der Waals surface area contributed by atoms with Gasteiger partial charge in [-0.05, 0) is 71.3 Å². The van der Waals surface area contributed by atoms with E-state index >= 15 is 0 Å². The smallest absolute Gasteiger partial charge is 0.118 e. The number of nitrogens with zero attached hydrogens (tertiary/aromatic N) is 2. The summed E-state index contributed by atoms with van der Waals surface area (Å²) in [7, 11) is 3.33. The summed E-state index contributed by atoms with van der Waals surface area (Å²) in [4.78, 5) is 8.89. The lowest BCUT2D eigenvalue weighted by atomic mass is 9.84. The molecule has 4 aromatic rings. The number of rotatable bonds is 7. The third kappa shape index (κ3) is 5.50. The fourth-order valence-electron chi connectivity index (χ4n) is 3.63. The van der Waals surface area contributed by atoms with Gasteiger partial charge in [0.1, 0.15) is 17.5 Å². The van der Waals surface area contributed by atoms with Crippen molar-refractivity contribution < 1.29 is 9.47 Å². The van der Waals surface area contributed by atoms with E-state index in [-0.39, 0.29) is 5.92 Å². The van der Waals surface area contributed by atoms with Gasteiger partial charge < -0.3 is 9.47 Å². The number of ether oxygens (including phenoxy) is 2. The molecule has 0 bridgehead atoms. The molecule has 0 N–H and O–H groups in total. The highest BCUT2D eigenvalue weighted by molar-refractivity contribution is 6.30.